The van der Waals surface area contributed by atoms with Gasteiger partial charge in [-0.15, -0.1) is 11.3 Å². The molecule has 5 heterocycles. The highest BCUT2D eigenvalue weighted by atomic mass is 35.5. The number of aromatic nitrogens is 2. The van der Waals surface area contributed by atoms with E-state index in [2.05, 4.69) is 41.4 Å². The van der Waals surface area contributed by atoms with Gasteiger partial charge >= 0.3 is 0 Å². The first-order valence-corrected chi connectivity index (χ1v) is 24.1. The Morgan fingerprint density at radius 3 is 2.49 bits per heavy atom. The van der Waals surface area contributed by atoms with Crippen LogP contribution < -0.4 is 31.3 Å². The molecule has 2 aromatic heterocycles. The van der Waals surface area contributed by atoms with Crippen molar-refractivity contribution in [1.82, 2.24) is 40.6 Å². The van der Waals surface area contributed by atoms with E-state index in [1.165, 1.54) is 22.3 Å². The molecule has 3 fully saturated rings. The van der Waals surface area contributed by atoms with Crippen molar-refractivity contribution >= 4 is 69.1 Å². The Morgan fingerprint density at radius 2 is 1.72 bits per heavy atom. The predicted molar refractivity (Wildman–Crippen MR) is 251 cm³/mol. The lowest BCUT2D eigenvalue weighted by atomic mass is 9.69. The van der Waals surface area contributed by atoms with Crippen molar-refractivity contribution < 1.29 is 37.8 Å². The number of carbonyl (C=O) groups is 5. The van der Waals surface area contributed by atoms with E-state index in [1.54, 1.807) is 36.5 Å². The van der Waals surface area contributed by atoms with Crippen molar-refractivity contribution in [3.05, 3.63) is 93.8 Å². The van der Waals surface area contributed by atoms with E-state index in [4.69, 9.17) is 26.1 Å². The van der Waals surface area contributed by atoms with E-state index < -0.39 is 23.2 Å². The highest BCUT2D eigenvalue weighted by Crippen LogP contribution is 2.41. The van der Waals surface area contributed by atoms with Crippen molar-refractivity contribution in [2.24, 2.45) is 5.41 Å². The number of anilines is 3. The summed E-state index contributed by atoms with van der Waals surface area (Å²) >= 11 is 7.49. The zero-order valence-corrected chi connectivity index (χ0v) is 38.8. The first kappa shape index (κ1) is 47.9. The first-order chi connectivity index (χ1) is 32.5. The van der Waals surface area contributed by atoms with Gasteiger partial charge in [0.2, 0.25) is 23.6 Å². The third-order valence-corrected chi connectivity index (χ3v) is 13.9. The number of ether oxygens (including phenoxy) is 2. The van der Waals surface area contributed by atoms with Gasteiger partial charge in [-0.2, -0.15) is 0 Å². The van der Waals surface area contributed by atoms with E-state index in [1.807, 2.05) is 23.6 Å². The highest BCUT2D eigenvalue weighted by Gasteiger charge is 2.43. The van der Waals surface area contributed by atoms with Gasteiger partial charge in [0.25, 0.3) is 5.91 Å². The van der Waals surface area contributed by atoms with Crippen LogP contribution in [0.1, 0.15) is 60.1 Å². The van der Waals surface area contributed by atoms with Crippen LogP contribution in [-0.2, 0) is 36.9 Å². The molecule has 8 rings (SSSR count). The fourth-order valence-corrected chi connectivity index (χ4v) is 9.88. The standard InChI is InChI=1S/C47H56ClFN10O7S/c48-35-6-3-8-38(42(35)49)66-32-12-14-47(15-13-32,28-31-4-1-9-39(53-31)55-46-52-18-27-67-46)45(64)51-16-19-57-20-22-58(23-21-57)24-26-65-25-17-50-29-41(61)54-36-7-2-5-33-34(36)30-59(44(33)63)37-10-11-40(60)56-43(37)62/h1-9,18,27,32,37,50H,10-17,19-26,28-30H2,(H,51,64)(H,54,61)(H,52,53,55)(H,56,60,62)/t32-,37?,47-. The minimum Gasteiger partial charge on any atom is -0.487 e. The summed E-state index contributed by atoms with van der Waals surface area (Å²) in [5.74, 6) is -1.19. The van der Waals surface area contributed by atoms with Crippen LogP contribution in [0.15, 0.2) is 66.2 Å². The maximum Gasteiger partial charge on any atom is 0.255 e. The summed E-state index contributed by atoms with van der Waals surface area (Å²) in [5.41, 5.74) is 1.69. The summed E-state index contributed by atoms with van der Waals surface area (Å²) in [6.45, 7) is 7.21. The summed E-state index contributed by atoms with van der Waals surface area (Å²) in [4.78, 5) is 79.4. The van der Waals surface area contributed by atoms with Crippen molar-refractivity contribution in [2.45, 2.75) is 63.6 Å². The first-order valence-electron chi connectivity index (χ1n) is 22.8. The lowest BCUT2D eigenvalue weighted by Crippen LogP contribution is -2.52. The minimum absolute atomic E-state index is 0.0108. The Labute approximate surface area is 397 Å². The fraction of sp³-hybridized carbons (Fsp3) is 0.468. The van der Waals surface area contributed by atoms with Gasteiger partial charge < -0.3 is 35.6 Å². The number of carbonyl (C=O) groups excluding carboxylic acids is 5. The van der Waals surface area contributed by atoms with Crippen LogP contribution in [0, 0.1) is 11.2 Å². The quantitative estimate of drug-likeness (QED) is 0.0619. The number of fused-ring (bicyclic) bond motifs is 1. The molecule has 0 radical (unpaired) electrons. The smallest absolute Gasteiger partial charge is 0.255 e. The Hall–Kier alpha value is -5.57. The van der Waals surface area contributed by atoms with Gasteiger partial charge in [-0.05, 0) is 68.5 Å². The number of nitrogens with one attached hydrogen (secondary N) is 5. The Bertz CT molecular complexity index is 2400. The molecule has 0 spiro atoms. The molecule has 356 valence electrons. The van der Waals surface area contributed by atoms with E-state index in [0.717, 1.165) is 50.1 Å². The maximum atomic E-state index is 14.7. The molecule has 3 aliphatic heterocycles. The number of pyridine rings is 1. The van der Waals surface area contributed by atoms with Crippen LogP contribution in [0.2, 0.25) is 5.02 Å². The Balaban J connectivity index is 0.725. The second kappa shape index (κ2) is 22.5. The second-order valence-electron chi connectivity index (χ2n) is 17.3. The molecule has 1 unspecified atom stereocenters. The van der Waals surface area contributed by atoms with Crippen LogP contribution in [0.5, 0.6) is 5.75 Å². The van der Waals surface area contributed by atoms with Crippen molar-refractivity contribution in [3.8, 4) is 5.75 Å². The predicted octanol–water partition coefficient (Wildman–Crippen LogP) is 4.36. The molecule has 2 saturated heterocycles. The number of hydrogen-bond donors (Lipinski definition) is 5. The largest absolute Gasteiger partial charge is 0.487 e. The van der Waals surface area contributed by atoms with Crippen LogP contribution in [0.4, 0.5) is 21.0 Å². The van der Waals surface area contributed by atoms with Gasteiger partial charge in [-0.25, -0.2) is 14.4 Å². The molecule has 1 atom stereocenters. The van der Waals surface area contributed by atoms with Gasteiger partial charge in [0, 0.05) is 106 Å². The molecular formula is C47H56ClFN10O7S. The molecule has 0 bridgehead atoms. The van der Waals surface area contributed by atoms with Crippen LogP contribution in [0.25, 0.3) is 0 Å². The molecule has 1 aliphatic carbocycles. The lowest BCUT2D eigenvalue weighted by molar-refractivity contribution is -0.137. The van der Waals surface area contributed by atoms with E-state index in [-0.39, 0.29) is 66.4 Å². The molecule has 2 aromatic carbocycles. The van der Waals surface area contributed by atoms with Gasteiger partial charge in [0.1, 0.15) is 11.9 Å². The summed E-state index contributed by atoms with van der Waals surface area (Å²) < 4.78 is 26.6. The van der Waals surface area contributed by atoms with Crippen molar-refractivity contribution in [1.29, 1.82) is 0 Å². The number of amides is 5. The number of imide groups is 1. The molecule has 1 saturated carbocycles. The van der Waals surface area contributed by atoms with E-state index >= 15 is 0 Å². The number of halogens is 2. The molecule has 5 amide bonds. The SMILES string of the molecule is O=C1CCC(N2Cc3c(NC(=O)CNCCOCCN4CCN(CCNC(=O)[C@]5(Cc6cccc(Nc7nccs7)n6)CC[C@@H](Oc6cccc(Cl)c6F)CC5)CC4)cccc3C2=O)C(=O)N1. The van der Waals surface area contributed by atoms with Crippen LogP contribution in [-0.4, -0.2) is 138 Å². The summed E-state index contributed by atoms with van der Waals surface area (Å²) in [6, 6.07) is 14.9. The molecule has 17 nitrogen and oxygen atoms in total. The molecule has 4 aromatic rings. The highest BCUT2D eigenvalue weighted by molar-refractivity contribution is 7.13. The average Bonchev–Trinajstić information content (AvgIpc) is 3.96. The summed E-state index contributed by atoms with van der Waals surface area (Å²) in [5, 5.41) is 17.4. The van der Waals surface area contributed by atoms with Crippen LogP contribution in [0.3, 0.4) is 0 Å². The third kappa shape index (κ3) is 12.3. The Kier molecular flexibility index (Phi) is 16.1. The molecular weight excluding hydrogens is 903 g/mol. The topological polar surface area (TPSA) is 199 Å². The zero-order chi connectivity index (χ0) is 46.8. The van der Waals surface area contributed by atoms with Gasteiger partial charge in [0.15, 0.2) is 16.7 Å². The van der Waals surface area contributed by atoms with Crippen molar-refractivity contribution in [3.63, 3.8) is 0 Å². The van der Waals surface area contributed by atoms with Gasteiger partial charge in [0.05, 0.1) is 36.3 Å². The van der Waals surface area contributed by atoms with Gasteiger partial charge in [-0.3, -0.25) is 39.1 Å². The zero-order valence-electron chi connectivity index (χ0n) is 37.2. The second-order valence-corrected chi connectivity index (χ2v) is 18.6. The number of nitrogens with zero attached hydrogens (tertiary/aromatic N) is 5. The molecule has 4 aliphatic rings. The van der Waals surface area contributed by atoms with Gasteiger partial charge in [-0.1, -0.05) is 29.8 Å². The average molecular weight is 960 g/mol. The normalized spacial score (nSPS) is 21.2. The Morgan fingerprint density at radius 1 is 0.940 bits per heavy atom. The number of hydrogen-bond acceptors (Lipinski definition) is 14. The summed E-state index contributed by atoms with van der Waals surface area (Å²) in [6.07, 6.45) is 4.63. The number of piperidine rings is 1. The molecule has 20 heteroatoms. The molecule has 67 heavy (non-hydrogen) atoms. The number of thiazole rings is 1. The van der Waals surface area contributed by atoms with E-state index in [9.17, 15) is 28.4 Å². The number of benzene rings is 2. The van der Waals surface area contributed by atoms with Crippen molar-refractivity contribution in [2.75, 3.05) is 82.8 Å². The fourth-order valence-electron chi connectivity index (χ4n) is 9.18. The third-order valence-electron chi connectivity index (χ3n) is 12.9. The van der Waals surface area contributed by atoms with Crippen LogP contribution >= 0.6 is 22.9 Å². The number of rotatable bonds is 20. The number of piperazine rings is 1. The minimum atomic E-state index is -0.729. The molecule has 5 N–H and O–H groups in total. The lowest BCUT2D eigenvalue weighted by Gasteiger charge is -2.39. The summed E-state index contributed by atoms with van der Waals surface area (Å²) in [7, 11) is 0. The maximum absolute atomic E-state index is 14.7. The van der Waals surface area contributed by atoms with E-state index in [0.29, 0.717) is 81.0 Å². The monoisotopic (exact) mass is 958 g/mol.